The van der Waals surface area contributed by atoms with E-state index in [0.29, 0.717) is 0 Å². The van der Waals surface area contributed by atoms with E-state index in [1.54, 1.807) is 6.92 Å². The molecule has 0 aliphatic carbocycles. The Morgan fingerprint density at radius 3 is 3.00 bits per heavy atom. The van der Waals surface area contributed by atoms with Gasteiger partial charge in [0.05, 0.1) is 0 Å². The highest BCUT2D eigenvalue weighted by atomic mass is 16.2. The number of aromatic amines is 1. The normalized spacial score (nSPS) is 13.6. The topological polar surface area (TPSA) is 49.0 Å². The third kappa shape index (κ3) is 1.84. The maximum absolute atomic E-state index is 11.7. The minimum Gasteiger partial charge on any atom is -0.346 e. The number of H-pyrrole nitrogens is 1. The van der Waals surface area contributed by atoms with Gasteiger partial charge in [-0.25, -0.2) is 4.98 Å². The van der Waals surface area contributed by atoms with Gasteiger partial charge in [-0.2, -0.15) is 0 Å². The van der Waals surface area contributed by atoms with Crippen molar-refractivity contribution in [3.05, 3.63) is 47.8 Å². The van der Waals surface area contributed by atoms with Crippen molar-refractivity contribution >= 4 is 22.6 Å². The molecule has 110 valence electrons. The summed E-state index contributed by atoms with van der Waals surface area (Å²) in [5, 5.41) is 1.17. The SMILES string of the molecule is CC(=O)N1CCc2cc(-c3ccnc4[nH]cc(C)c34)ccc21. The monoisotopic (exact) mass is 291 g/mol. The zero-order valence-electron chi connectivity index (χ0n) is 12.7. The lowest BCUT2D eigenvalue weighted by atomic mass is 9.99. The first-order valence-corrected chi connectivity index (χ1v) is 7.49. The summed E-state index contributed by atoms with van der Waals surface area (Å²) in [5.41, 5.74) is 6.77. The Morgan fingerprint density at radius 1 is 1.32 bits per heavy atom. The molecule has 0 radical (unpaired) electrons. The molecule has 1 N–H and O–H groups in total. The maximum Gasteiger partial charge on any atom is 0.223 e. The Labute approximate surface area is 128 Å². The molecule has 3 heterocycles. The number of fused-ring (bicyclic) bond motifs is 2. The molecule has 1 aromatic carbocycles. The van der Waals surface area contributed by atoms with Crippen LogP contribution in [0, 0.1) is 6.92 Å². The van der Waals surface area contributed by atoms with E-state index < -0.39 is 0 Å². The fourth-order valence-electron chi connectivity index (χ4n) is 3.36. The van der Waals surface area contributed by atoms with Gasteiger partial charge in [-0.05, 0) is 53.8 Å². The van der Waals surface area contributed by atoms with Gasteiger partial charge in [0, 0.05) is 36.9 Å². The predicted octanol–water partition coefficient (Wildman–Crippen LogP) is 3.45. The molecule has 0 fully saturated rings. The first-order valence-electron chi connectivity index (χ1n) is 7.49. The Balaban J connectivity index is 1.87. The van der Waals surface area contributed by atoms with Crippen molar-refractivity contribution in [2.24, 2.45) is 0 Å². The Hall–Kier alpha value is -2.62. The number of aromatic nitrogens is 2. The lowest BCUT2D eigenvalue weighted by Crippen LogP contribution is -2.25. The van der Waals surface area contributed by atoms with Gasteiger partial charge in [0.25, 0.3) is 0 Å². The molecule has 3 aromatic rings. The van der Waals surface area contributed by atoms with Crippen LogP contribution in [0.1, 0.15) is 18.1 Å². The van der Waals surface area contributed by atoms with Crippen molar-refractivity contribution in [3.8, 4) is 11.1 Å². The summed E-state index contributed by atoms with van der Waals surface area (Å²) in [7, 11) is 0. The molecular weight excluding hydrogens is 274 g/mol. The molecule has 0 atom stereocenters. The minimum absolute atomic E-state index is 0.110. The molecule has 0 saturated heterocycles. The molecule has 22 heavy (non-hydrogen) atoms. The summed E-state index contributed by atoms with van der Waals surface area (Å²) in [5.74, 6) is 0.110. The fourth-order valence-corrected chi connectivity index (χ4v) is 3.36. The summed E-state index contributed by atoms with van der Waals surface area (Å²) in [4.78, 5) is 21.1. The number of pyridine rings is 1. The molecule has 1 aliphatic rings. The molecule has 4 rings (SSSR count). The van der Waals surface area contributed by atoms with E-state index in [0.717, 1.165) is 24.3 Å². The molecule has 4 nitrogen and oxygen atoms in total. The van der Waals surface area contributed by atoms with Crippen molar-refractivity contribution in [1.82, 2.24) is 9.97 Å². The highest BCUT2D eigenvalue weighted by Crippen LogP contribution is 2.35. The highest BCUT2D eigenvalue weighted by molar-refractivity contribution is 5.97. The van der Waals surface area contributed by atoms with Gasteiger partial charge in [-0.1, -0.05) is 6.07 Å². The van der Waals surface area contributed by atoms with Gasteiger partial charge >= 0.3 is 0 Å². The van der Waals surface area contributed by atoms with Crippen LogP contribution in [0.3, 0.4) is 0 Å². The van der Waals surface area contributed by atoms with Gasteiger partial charge in [0.2, 0.25) is 5.91 Å². The zero-order valence-corrected chi connectivity index (χ0v) is 12.7. The number of aryl methyl sites for hydroxylation is 1. The van der Waals surface area contributed by atoms with Gasteiger partial charge in [-0.3, -0.25) is 4.79 Å². The quantitative estimate of drug-likeness (QED) is 0.746. The van der Waals surface area contributed by atoms with Crippen LogP contribution in [-0.2, 0) is 11.2 Å². The molecule has 1 aliphatic heterocycles. The summed E-state index contributed by atoms with van der Waals surface area (Å²) in [6.45, 7) is 4.50. The third-order valence-corrected chi connectivity index (χ3v) is 4.44. The van der Waals surface area contributed by atoms with Crippen LogP contribution in [0.15, 0.2) is 36.7 Å². The third-order valence-electron chi connectivity index (χ3n) is 4.44. The Morgan fingerprint density at radius 2 is 2.18 bits per heavy atom. The maximum atomic E-state index is 11.7. The number of carbonyl (C=O) groups excluding carboxylic acids is 1. The standard InChI is InChI=1S/C18H17N3O/c1-11-10-20-18-17(11)15(5-7-19-18)13-3-4-16-14(9-13)6-8-21(16)12(2)22/h3-5,7,9-10H,6,8H2,1-2H3,(H,19,20). The van der Waals surface area contributed by atoms with Crippen molar-refractivity contribution < 1.29 is 4.79 Å². The van der Waals surface area contributed by atoms with Crippen molar-refractivity contribution in [2.45, 2.75) is 20.3 Å². The van der Waals surface area contributed by atoms with Gasteiger partial charge < -0.3 is 9.88 Å². The first kappa shape index (κ1) is 13.1. The van der Waals surface area contributed by atoms with Crippen LogP contribution in [0.25, 0.3) is 22.2 Å². The molecule has 0 saturated carbocycles. The molecular formula is C18H17N3O. The number of benzene rings is 1. The number of carbonyl (C=O) groups is 1. The second-order valence-electron chi connectivity index (χ2n) is 5.82. The number of nitrogens with zero attached hydrogens (tertiary/aromatic N) is 2. The summed E-state index contributed by atoms with van der Waals surface area (Å²) >= 11 is 0. The van der Waals surface area contributed by atoms with Crippen molar-refractivity contribution in [2.75, 3.05) is 11.4 Å². The first-order chi connectivity index (χ1) is 10.6. The largest absolute Gasteiger partial charge is 0.346 e. The van der Waals surface area contributed by atoms with Crippen LogP contribution in [0.4, 0.5) is 5.69 Å². The highest BCUT2D eigenvalue weighted by Gasteiger charge is 2.22. The number of amides is 1. The fraction of sp³-hybridized carbons (Fsp3) is 0.222. The van der Waals surface area contributed by atoms with E-state index >= 15 is 0 Å². The number of nitrogens with one attached hydrogen (secondary N) is 1. The van der Waals surface area contributed by atoms with Gasteiger partial charge in [0.1, 0.15) is 5.65 Å². The van der Waals surface area contributed by atoms with Crippen LogP contribution in [0.5, 0.6) is 0 Å². The number of rotatable bonds is 1. The van der Waals surface area contributed by atoms with E-state index in [1.165, 1.54) is 27.6 Å². The van der Waals surface area contributed by atoms with E-state index in [2.05, 4.69) is 41.2 Å². The molecule has 0 bridgehead atoms. The van der Waals surface area contributed by atoms with E-state index in [9.17, 15) is 4.79 Å². The van der Waals surface area contributed by atoms with Crippen molar-refractivity contribution in [1.29, 1.82) is 0 Å². The molecule has 1 amide bonds. The average Bonchev–Trinajstić information content (AvgIpc) is 3.10. The molecule has 2 aromatic heterocycles. The van der Waals surface area contributed by atoms with E-state index in [1.807, 2.05) is 17.3 Å². The summed E-state index contributed by atoms with van der Waals surface area (Å²) < 4.78 is 0. The predicted molar refractivity (Wildman–Crippen MR) is 88.0 cm³/mol. The Kier molecular flexibility index (Phi) is 2.79. The molecule has 4 heteroatoms. The summed E-state index contributed by atoms with van der Waals surface area (Å²) in [6.07, 6.45) is 4.75. The van der Waals surface area contributed by atoms with Crippen LogP contribution < -0.4 is 4.90 Å². The lowest BCUT2D eigenvalue weighted by molar-refractivity contribution is -0.116. The van der Waals surface area contributed by atoms with Gasteiger partial charge in [0.15, 0.2) is 0 Å². The van der Waals surface area contributed by atoms with Gasteiger partial charge in [-0.15, -0.1) is 0 Å². The second-order valence-corrected chi connectivity index (χ2v) is 5.82. The Bertz CT molecular complexity index is 894. The number of hydrogen-bond donors (Lipinski definition) is 1. The van der Waals surface area contributed by atoms with E-state index in [4.69, 9.17) is 0 Å². The summed E-state index contributed by atoms with van der Waals surface area (Å²) in [6, 6.07) is 8.43. The van der Waals surface area contributed by atoms with Crippen LogP contribution >= 0.6 is 0 Å². The zero-order chi connectivity index (χ0) is 15.3. The molecule has 0 spiro atoms. The van der Waals surface area contributed by atoms with Crippen LogP contribution in [0.2, 0.25) is 0 Å². The average molecular weight is 291 g/mol. The lowest BCUT2D eigenvalue weighted by Gasteiger charge is -2.15. The smallest absolute Gasteiger partial charge is 0.223 e. The van der Waals surface area contributed by atoms with Crippen molar-refractivity contribution in [3.63, 3.8) is 0 Å². The minimum atomic E-state index is 0.110. The molecule has 0 unspecified atom stereocenters. The number of anilines is 1. The number of hydrogen-bond acceptors (Lipinski definition) is 2. The van der Waals surface area contributed by atoms with Crippen LogP contribution in [-0.4, -0.2) is 22.4 Å². The second kappa shape index (κ2) is 4.70. The van der Waals surface area contributed by atoms with E-state index in [-0.39, 0.29) is 5.91 Å².